The van der Waals surface area contributed by atoms with Crippen LogP contribution in [0.3, 0.4) is 0 Å². The van der Waals surface area contributed by atoms with Gasteiger partial charge in [0.15, 0.2) is 0 Å². The van der Waals surface area contributed by atoms with Crippen molar-refractivity contribution >= 4 is 37.5 Å². The number of halogens is 2. The molecule has 0 aliphatic carbocycles. The Balaban J connectivity index is 2.02. The first kappa shape index (κ1) is 12.5. The molecule has 0 aromatic carbocycles. The summed E-state index contributed by atoms with van der Waals surface area (Å²) in [7, 11) is 0. The Kier molecular flexibility index (Phi) is 4.12. The van der Waals surface area contributed by atoms with Crippen LogP contribution in [0.4, 0.5) is 5.69 Å². The van der Waals surface area contributed by atoms with Gasteiger partial charge in [-0.05, 0) is 62.5 Å². The summed E-state index contributed by atoms with van der Waals surface area (Å²) in [6, 6.07) is 6.02. The number of anilines is 1. The number of aryl methyl sites for hydroxylation is 1. The van der Waals surface area contributed by atoms with Gasteiger partial charge >= 0.3 is 0 Å². The maximum absolute atomic E-state index is 4.29. The molecule has 2 heterocycles. The second-order valence-electron chi connectivity index (χ2n) is 3.65. The summed E-state index contributed by atoms with van der Waals surface area (Å²) in [5.74, 6) is 0. The van der Waals surface area contributed by atoms with E-state index in [2.05, 4.69) is 53.2 Å². The van der Waals surface area contributed by atoms with Crippen LogP contribution in [-0.2, 0) is 6.54 Å². The normalized spacial score (nSPS) is 10.3. The average Bonchev–Trinajstić information content (AvgIpc) is 2.33. The summed E-state index contributed by atoms with van der Waals surface area (Å²) in [5, 5.41) is 3.29. The molecule has 0 atom stereocenters. The summed E-state index contributed by atoms with van der Waals surface area (Å²) >= 11 is 6.74. The lowest BCUT2D eigenvalue weighted by Crippen LogP contribution is -2.02. The molecule has 5 heteroatoms. The van der Waals surface area contributed by atoms with Crippen molar-refractivity contribution in [1.29, 1.82) is 0 Å². The fourth-order valence-electron chi connectivity index (χ4n) is 1.36. The Bertz CT molecular complexity index is 512. The highest BCUT2D eigenvalue weighted by molar-refractivity contribution is 9.10. The van der Waals surface area contributed by atoms with Crippen molar-refractivity contribution in [2.24, 2.45) is 0 Å². The highest BCUT2D eigenvalue weighted by Crippen LogP contribution is 2.17. The Morgan fingerprint density at radius 1 is 1.18 bits per heavy atom. The summed E-state index contributed by atoms with van der Waals surface area (Å²) in [5.41, 5.74) is 3.10. The minimum absolute atomic E-state index is 0.691. The molecule has 2 aromatic heterocycles. The molecule has 88 valence electrons. The SMILES string of the molecule is Cc1cc(NCc2ccc(Br)cn2)cnc1Br. The zero-order chi connectivity index (χ0) is 12.3. The van der Waals surface area contributed by atoms with Gasteiger partial charge in [0.25, 0.3) is 0 Å². The zero-order valence-electron chi connectivity index (χ0n) is 9.24. The molecule has 2 aromatic rings. The van der Waals surface area contributed by atoms with Gasteiger partial charge in [0.1, 0.15) is 4.60 Å². The van der Waals surface area contributed by atoms with E-state index in [4.69, 9.17) is 0 Å². The summed E-state index contributed by atoms with van der Waals surface area (Å²) in [6.07, 6.45) is 3.60. The molecule has 1 N–H and O–H groups in total. The molecule has 2 rings (SSSR count). The molecule has 0 spiro atoms. The van der Waals surface area contributed by atoms with Crippen molar-refractivity contribution in [3.05, 3.63) is 50.9 Å². The van der Waals surface area contributed by atoms with Crippen LogP contribution >= 0.6 is 31.9 Å². The lowest BCUT2D eigenvalue weighted by molar-refractivity contribution is 1.03. The highest BCUT2D eigenvalue weighted by Gasteiger charge is 1.99. The number of aromatic nitrogens is 2. The van der Waals surface area contributed by atoms with E-state index in [0.29, 0.717) is 6.54 Å². The first-order valence-corrected chi connectivity index (χ1v) is 6.70. The fraction of sp³-hybridized carbons (Fsp3) is 0.167. The van der Waals surface area contributed by atoms with Gasteiger partial charge in [-0.15, -0.1) is 0 Å². The van der Waals surface area contributed by atoms with E-state index in [1.165, 1.54) is 0 Å². The smallest absolute Gasteiger partial charge is 0.109 e. The van der Waals surface area contributed by atoms with Crippen molar-refractivity contribution in [3.63, 3.8) is 0 Å². The molecular formula is C12H11Br2N3. The number of hydrogen-bond donors (Lipinski definition) is 1. The predicted molar refractivity (Wildman–Crippen MR) is 75.9 cm³/mol. The Labute approximate surface area is 117 Å². The predicted octanol–water partition coefficient (Wildman–Crippen LogP) is 3.92. The Morgan fingerprint density at radius 3 is 2.65 bits per heavy atom. The third kappa shape index (κ3) is 3.51. The van der Waals surface area contributed by atoms with Crippen LogP contribution in [0, 0.1) is 6.92 Å². The van der Waals surface area contributed by atoms with Gasteiger partial charge in [0.05, 0.1) is 24.1 Å². The van der Waals surface area contributed by atoms with Crippen LogP contribution in [0.25, 0.3) is 0 Å². The molecule has 0 aliphatic heterocycles. The minimum Gasteiger partial charge on any atom is -0.378 e. The quantitative estimate of drug-likeness (QED) is 0.847. The van der Waals surface area contributed by atoms with Crippen molar-refractivity contribution in [2.45, 2.75) is 13.5 Å². The second kappa shape index (κ2) is 5.60. The van der Waals surface area contributed by atoms with Gasteiger partial charge in [0, 0.05) is 10.7 Å². The first-order chi connectivity index (χ1) is 8.15. The Hall–Kier alpha value is -0.940. The van der Waals surface area contributed by atoms with Crippen molar-refractivity contribution in [3.8, 4) is 0 Å². The van der Waals surface area contributed by atoms with Gasteiger partial charge in [-0.1, -0.05) is 0 Å². The first-order valence-electron chi connectivity index (χ1n) is 5.11. The van der Waals surface area contributed by atoms with E-state index < -0.39 is 0 Å². The summed E-state index contributed by atoms with van der Waals surface area (Å²) in [6.45, 7) is 2.70. The largest absolute Gasteiger partial charge is 0.378 e. The van der Waals surface area contributed by atoms with Crippen LogP contribution in [-0.4, -0.2) is 9.97 Å². The molecule has 0 fully saturated rings. The number of nitrogens with one attached hydrogen (secondary N) is 1. The molecule has 17 heavy (non-hydrogen) atoms. The highest BCUT2D eigenvalue weighted by atomic mass is 79.9. The van der Waals surface area contributed by atoms with Crippen LogP contribution in [0.15, 0.2) is 39.7 Å². The molecule has 0 saturated heterocycles. The number of hydrogen-bond acceptors (Lipinski definition) is 3. The maximum atomic E-state index is 4.29. The van der Waals surface area contributed by atoms with E-state index >= 15 is 0 Å². The maximum Gasteiger partial charge on any atom is 0.109 e. The summed E-state index contributed by atoms with van der Waals surface area (Å²) in [4.78, 5) is 8.53. The molecule has 0 aliphatic rings. The lowest BCUT2D eigenvalue weighted by Gasteiger charge is -2.07. The molecule has 0 radical (unpaired) electrons. The van der Waals surface area contributed by atoms with Crippen molar-refractivity contribution in [1.82, 2.24) is 9.97 Å². The monoisotopic (exact) mass is 355 g/mol. The molecule has 0 unspecified atom stereocenters. The third-order valence-electron chi connectivity index (χ3n) is 2.28. The van der Waals surface area contributed by atoms with E-state index in [1.807, 2.05) is 19.1 Å². The van der Waals surface area contributed by atoms with Crippen molar-refractivity contribution in [2.75, 3.05) is 5.32 Å². The molecule has 0 amide bonds. The lowest BCUT2D eigenvalue weighted by atomic mass is 10.3. The van der Waals surface area contributed by atoms with Gasteiger partial charge in [-0.3, -0.25) is 4.98 Å². The average molecular weight is 357 g/mol. The van der Waals surface area contributed by atoms with Crippen LogP contribution in [0.1, 0.15) is 11.3 Å². The standard InChI is InChI=1S/C12H11Br2N3/c1-8-4-11(7-17-12(8)14)16-6-10-3-2-9(13)5-15-10/h2-5,7,16H,6H2,1H3. The van der Waals surface area contributed by atoms with E-state index in [-0.39, 0.29) is 0 Å². The topological polar surface area (TPSA) is 37.8 Å². The zero-order valence-corrected chi connectivity index (χ0v) is 12.4. The molecule has 0 bridgehead atoms. The molecule has 0 saturated carbocycles. The van der Waals surface area contributed by atoms with Gasteiger partial charge in [0.2, 0.25) is 0 Å². The van der Waals surface area contributed by atoms with E-state index in [0.717, 1.165) is 26.0 Å². The second-order valence-corrected chi connectivity index (χ2v) is 5.32. The number of nitrogens with zero attached hydrogens (tertiary/aromatic N) is 2. The number of pyridine rings is 2. The fourth-order valence-corrected chi connectivity index (χ4v) is 1.81. The number of rotatable bonds is 3. The third-order valence-corrected chi connectivity index (χ3v) is 3.58. The molecule has 3 nitrogen and oxygen atoms in total. The minimum atomic E-state index is 0.691. The van der Waals surface area contributed by atoms with E-state index in [9.17, 15) is 0 Å². The molecular weight excluding hydrogens is 346 g/mol. The van der Waals surface area contributed by atoms with E-state index in [1.54, 1.807) is 12.4 Å². The Morgan fingerprint density at radius 2 is 2.00 bits per heavy atom. The van der Waals surface area contributed by atoms with Crippen LogP contribution in [0.5, 0.6) is 0 Å². The summed E-state index contributed by atoms with van der Waals surface area (Å²) < 4.78 is 1.87. The van der Waals surface area contributed by atoms with Gasteiger partial charge in [-0.2, -0.15) is 0 Å². The van der Waals surface area contributed by atoms with Crippen LogP contribution < -0.4 is 5.32 Å². The van der Waals surface area contributed by atoms with Crippen molar-refractivity contribution < 1.29 is 0 Å². The van der Waals surface area contributed by atoms with Gasteiger partial charge < -0.3 is 5.32 Å². The van der Waals surface area contributed by atoms with Gasteiger partial charge in [-0.25, -0.2) is 4.98 Å². The van der Waals surface area contributed by atoms with Crippen LogP contribution in [0.2, 0.25) is 0 Å².